The van der Waals surface area contributed by atoms with Crippen LogP contribution in [0, 0.1) is 0 Å². The van der Waals surface area contributed by atoms with Crippen LogP contribution in [-0.4, -0.2) is 12.2 Å². The largest absolute Gasteiger partial charge is 0.497 e. The van der Waals surface area contributed by atoms with Gasteiger partial charge < -0.3 is 9.84 Å². The number of benzene rings is 2. The summed E-state index contributed by atoms with van der Waals surface area (Å²) in [7, 11) is 1.63. The summed E-state index contributed by atoms with van der Waals surface area (Å²) in [6.45, 7) is 0. The summed E-state index contributed by atoms with van der Waals surface area (Å²) in [4.78, 5) is 0. The highest BCUT2D eigenvalue weighted by Gasteiger charge is 2.09. The lowest BCUT2D eigenvalue weighted by Crippen LogP contribution is -1.98. The van der Waals surface area contributed by atoms with Crippen molar-refractivity contribution in [1.82, 2.24) is 0 Å². The summed E-state index contributed by atoms with van der Waals surface area (Å²) >= 11 is 0. The highest BCUT2D eigenvalue weighted by Crippen LogP contribution is 2.23. The number of aliphatic hydroxyl groups excluding tert-OH is 1. The van der Waals surface area contributed by atoms with Crippen molar-refractivity contribution >= 4 is 0 Å². The molecule has 1 N–H and O–H groups in total. The number of rotatable bonds is 3. The number of methoxy groups -OCH3 is 1. The molecule has 16 heavy (non-hydrogen) atoms. The number of hydrogen-bond donors (Lipinski definition) is 1. The van der Waals surface area contributed by atoms with E-state index in [1.807, 2.05) is 54.6 Å². The first-order chi connectivity index (χ1) is 7.81. The summed E-state index contributed by atoms with van der Waals surface area (Å²) in [6, 6.07) is 17.0. The molecule has 2 heteroatoms. The Bertz CT molecular complexity index is 434. The summed E-state index contributed by atoms with van der Waals surface area (Å²) in [5.41, 5.74) is 1.76. The molecule has 0 radical (unpaired) electrons. The number of aliphatic hydroxyl groups is 1. The zero-order valence-corrected chi connectivity index (χ0v) is 9.13. The van der Waals surface area contributed by atoms with Crippen LogP contribution in [-0.2, 0) is 0 Å². The van der Waals surface area contributed by atoms with E-state index in [2.05, 4.69) is 0 Å². The molecule has 0 saturated carbocycles. The monoisotopic (exact) mass is 214 g/mol. The number of hydrogen-bond acceptors (Lipinski definition) is 2. The minimum Gasteiger partial charge on any atom is -0.497 e. The maximum absolute atomic E-state index is 10.1. The fraction of sp³-hybridized carbons (Fsp3) is 0.143. The molecule has 0 saturated heterocycles. The van der Waals surface area contributed by atoms with E-state index in [1.165, 1.54) is 0 Å². The van der Waals surface area contributed by atoms with Gasteiger partial charge in [0.05, 0.1) is 7.11 Å². The highest BCUT2D eigenvalue weighted by atomic mass is 16.5. The van der Waals surface area contributed by atoms with Crippen molar-refractivity contribution in [3.8, 4) is 5.75 Å². The molecule has 2 nitrogen and oxygen atoms in total. The van der Waals surface area contributed by atoms with Crippen molar-refractivity contribution in [2.24, 2.45) is 0 Å². The van der Waals surface area contributed by atoms with Gasteiger partial charge in [-0.3, -0.25) is 0 Å². The van der Waals surface area contributed by atoms with Crippen LogP contribution in [0.2, 0.25) is 0 Å². The molecule has 0 fully saturated rings. The molecule has 0 aromatic heterocycles. The molecular weight excluding hydrogens is 200 g/mol. The van der Waals surface area contributed by atoms with Crippen molar-refractivity contribution in [3.63, 3.8) is 0 Å². The van der Waals surface area contributed by atoms with Gasteiger partial charge in [-0.1, -0.05) is 42.5 Å². The molecule has 82 valence electrons. The van der Waals surface area contributed by atoms with E-state index in [4.69, 9.17) is 4.74 Å². The molecule has 0 aliphatic heterocycles. The Morgan fingerprint density at radius 2 is 1.44 bits per heavy atom. The third-order valence-electron chi connectivity index (χ3n) is 2.55. The molecule has 0 amide bonds. The van der Waals surface area contributed by atoms with Crippen LogP contribution >= 0.6 is 0 Å². The van der Waals surface area contributed by atoms with Gasteiger partial charge in [0.1, 0.15) is 11.9 Å². The van der Waals surface area contributed by atoms with Crippen LogP contribution in [0.1, 0.15) is 17.2 Å². The van der Waals surface area contributed by atoms with Crippen LogP contribution in [0.3, 0.4) is 0 Å². The predicted octanol–water partition coefficient (Wildman–Crippen LogP) is 2.78. The predicted molar refractivity (Wildman–Crippen MR) is 63.5 cm³/mol. The average molecular weight is 214 g/mol. The number of ether oxygens (including phenoxy) is 1. The maximum Gasteiger partial charge on any atom is 0.118 e. The molecule has 0 spiro atoms. The van der Waals surface area contributed by atoms with Crippen LogP contribution in [0.15, 0.2) is 54.6 Å². The van der Waals surface area contributed by atoms with E-state index < -0.39 is 6.10 Å². The molecule has 2 rings (SSSR count). The zero-order chi connectivity index (χ0) is 11.4. The third-order valence-corrected chi connectivity index (χ3v) is 2.55. The van der Waals surface area contributed by atoms with Crippen LogP contribution in [0.25, 0.3) is 0 Å². The first-order valence-corrected chi connectivity index (χ1v) is 5.18. The minimum absolute atomic E-state index is 0.577. The van der Waals surface area contributed by atoms with Crippen molar-refractivity contribution < 1.29 is 9.84 Å². The molecule has 1 atom stereocenters. The first-order valence-electron chi connectivity index (χ1n) is 5.18. The van der Waals surface area contributed by atoms with E-state index in [0.717, 1.165) is 16.9 Å². The molecule has 0 heterocycles. The maximum atomic E-state index is 10.1. The zero-order valence-electron chi connectivity index (χ0n) is 9.13. The van der Waals surface area contributed by atoms with Gasteiger partial charge in [0.25, 0.3) is 0 Å². The van der Waals surface area contributed by atoms with Gasteiger partial charge in [-0.15, -0.1) is 0 Å². The molecule has 2 aromatic carbocycles. The van der Waals surface area contributed by atoms with Gasteiger partial charge in [-0.05, 0) is 23.3 Å². The standard InChI is InChI=1S/C14H14O2/c1-16-13-9-7-12(8-10-13)14(15)11-5-3-2-4-6-11/h2-10,14-15H,1H3. The van der Waals surface area contributed by atoms with Gasteiger partial charge in [0.2, 0.25) is 0 Å². The smallest absolute Gasteiger partial charge is 0.118 e. The second-order valence-corrected chi connectivity index (χ2v) is 3.59. The van der Waals surface area contributed by atoms with Crippen molar-refractivity contribution in [2.75, 3.05) is 7.11 Å². The quantitative estimate of drug-likeness (QED) is 0.851. The van der Waals surface area contributed by atoms with Gasteiger partial charge in [0.15, 0.2) is 0 Å². The summed E-state index contributed by atoms with van der Waals surface area (Å²) in [5.74, 6) is 0.795. The van der Waals surface area contributed by atoms with Crippen LogP contribution < -0.4 is 4.74 Å². The first kappa shape index (κ1) is 10.7. The van der Waals surface area contributed by atoms with E-state index in [0.29, 0.717) is 0 Å². The second kappa shape index (κ2) is 4.81. The fourth-order valence-electron chi connectivity index (χ4n) is 1.61. The molecule has 1 unspecified atom stereocenters. The Balaban J connectivity index is 2.24. The van der Waals surface area contributed by atoms with Gasteiger partial charge in [-0.2, -0.15) is 0 Å². The SMILES string of the molecule is COc1ccc(C(O)c2ccccc2)cc1. The lowest BCUT2D eigenvalue weighted by Gasteiger charge is -2.11. The van der Waals surface area contributed by atoms with E-state index >= 15 is 0 Å². The van der Waals surface area contributed by atoms with Gasteiger partial charge in [0, 0.05) is 0 Å². The molecule has 0 aliphatic carbocycles. The Kier molecular flexibility index (Phi) is 3.22. The van der Waals surface area contributed by atoms with Crippen molar-refractivity contribution in [3.05, 3.63) is 65.7 Å². The van der Waals surface area contributed by atoms with Gasteiger partial charge >= 0.3 is 0 Å². The lowest BCUT2D eigenvalue weighted by molar-refractivity contribution is 0.220. The van der Waals surface area contributed by atoms with Crippen LogP contribution in [0.4, 0.5) is 0 Å². The molecule has 0 aliphatic rings. The van der Waals surface area contributed by atoms with Crippen molar-refractivity contribution in [2.45, 2.75) is 6.10 Å². The lowest BCUT2D eigenvalue weighted by atomic mass is 10.0. The molecule has 0 bridgehead atoms. The Morgan fingerprint density at radius 1 is 0.875 bits per heavy atom. The summed E-state index contributed by atoms with van der Waals surface area (Å²) in [5, 5.41) is 10.1. The normalized spacial score (nSPS) is 12.1. The van der Waals surface area contributed by atoms with Crippen molar-refractivity contribution in [1.29, 1.82) is 0 Å². The van der Waals surface area contributed by atoms with Gasteiger partial charge in [-0.25, -0.2) is 0 Å². The Hall–Kier alpha value is -1.80. The average Bonchev–Trinajstić information content (AvgIpc) is 2.39. The Morgan fingerprint density at radius 3 is 2.00 bits per heavy atom. The Labute approximate surface area is 95.1 Å². The van der Waals surface area contributed by atoms with E-state index in [1.54, 1.807) is 7.11 Å². The molecule has 2 aromatic rings. The van der Waals surface area contributed by atoms with Crippen LogP contribution in [0.5, 0.6) is 5.75 Å². The fourth-order valence-corrected chi connectivity index (χ4v) is 1.61. The summed E-state index contributed by atoms with van der Waals surface area (Å²) < 4.78 is 5.07. The third kappa shape index (κ3) is 2.23. The van der Waals surface area contributed by atoms with E-state index in [-0.39, 0.29) is 0 Å². The molecular formula is C14H14O2. The topological polar surface area (TPSA) is 29.5 Å². The summed E-state index contributed by atoms with van der Waals surface area (Å²) in [6.07, 6.45) is -0.577. The van der Waals surface area contributed by atoms with E-state index in [9.17, 15) is 5.11 Å². The highest BCUT2D eigenvalue weighted by molar-refractivity contribution is 5.33. The second-order valence-electron chi connectivity index (χ2n) is 3.59. The minimum atomic E-state index is -0.577.